The predicted molar refractivity (Wildman–Crippen MR) is 382 cm³/mol. The Morgan fingerprint density at radius 1 is 0.241 bits per heavy atom. The fraction of sp³-hybridized carbons (Fsp3) is 1.00. The van der Waals surface area contributed by atoms with Crippen LogP contribution in [-0.2, 0) is 0 Å². The molecule has 0 saturated heterocycles. The van der Waals surface area contributed by atoms with Crippen molar-refractivity contribution >= 4 is 0 Å². The van der Waals surface area contributed by atoms with Crippen LogP contribution in [0.25, 0.3) is 0 Å². The van der Waals surface area contributed by atoms with Gasteiger partial charge in [0.05, 0.1) is 0 Å². The highest BCUT2D eigenvalue weighted by Gasteiger charge is 2.36. The lowest BCUT2D eigenvalue weighted by atomic mass is 9.73. The highest BCUT2D eigenvalue weighted by molar-refractivity contribution is 4.88. The number of hydrogen-bond acceptors (Lipinski definition) is 0. The normalized spacial score (nSPS) is 33.2. The van der Waals surface area contributed by atoms with Gasteiger partial charge in [-0.05, 0) is 201 Å². The summed E-state index contributed by atoms with van der Waals surface area (Å²) in [6, 6.07) is 0. The molecule has 0 heteroatoms. The van der Waals surface area contributed by atoms with Gasteiger partial charge in [0, 0.05) is 0 Å². The predicted octanol–water partition coefficient (Wildman–Crippen LogP) is 30.5. The third kappa shape index (κ3) is 33.6. The van der Waals surface area contributed by atoms with Crippen molar-refractivity contribution in [2.24, 2.45) is 72.4 Å². The molecule has 0 radical (unpaired) electrons. The van der Waals surface area contributed by atoms with Crippen LogP contribution in [0.5, 0.6) is 0 Å². The fourth-order valence-corrected chi connectivity index (χ4v) is 18.1. The molecule has 9 aliphatic carbocycles. The van der Waals surface area contributed by atoms with Gasteiger partial charge >= 0.3 is 0 Å². The molecule has 9 saturated carbocycles. The monoisotopic (exact) mass is 1160 g/mol. The highest BCUT2D eigenvalue weighted by Crippen LogP contribution is 2.48. The van der Waals surface area contributed by atoms with Crippen molar-refractivity contribution in [3.63, 3.8) is 0 Å². The molecule has 8 atom stereocenters. The summed E-state index contributed by atoms with van der Waals surface area (Å²) in [5, 5.41) is 0. The van der Waals surface area contributed by atoms with E-state index in [0.29, 0.717) is 27.1 Å². The van der Waals surface area contributed by atoms with Gasteiger partial charge in [-0.1, -0.05) is 332 Å². The number of rotatable bonds is 12. The first kappa shape index (κ1) is 81.0. The van der Waals surface area contributed by atoms with Crippen LogP contribution in [0.3, 0.4) is 0 Å². The first-order valence-electron chi connectivity index (χ1n) is 39.0. The van der Waals surface area contributed by atoms with Crippen LogP contribution in [0.2, 0.25) is 0 Å². The summed E-state index contributed by atoms with van der Waals surface area (Å²) >= 11 is 0. The Labute approximate surface area is 530 Å². The molecule has 0 heterocycles. The van der Waals surface area contributed by atoms with E-state index >= 15 is 0 Å². The summed E-state index contributed by atoms with van der Waals surface area (Å²) in [7, 11) is 0. The molecule has 0 aliphatic heterocycles. The molecule has 0 spiro atoms. The van der Waals surface area contributed by atoms with E-state index in [2.05, 4.69) is 152 Å². The van der Waals surface area contributed by atoms with Gasteiger partial charge in [-0.2, -0.15) is 0 Å². The molecule has 83 heavy (non-hydrogen) atoms. The third-order valence-electron chi connectivity index (χ3n) is 26.3. The summed E-state index contributed by atoms with van der Waals surface area (Å²) in [4.78, 5) is 0. The van der Waals surface area contributed by atoms with Gasteiger partial charge in [0.25, 0.3) is 0 Å². The molecule has 0 aromatic carbocycles. The molecular weight excluding hydrogens is 997 g/mol. The van der Waals surface area contributed by atoms with E-state index in [0.717, 1.165) is 45.3 Å². The topological polar surface area (TPSA) is 0 Å². The Bertz CT molecular complexity index is 1450. The summed E-state index contributed by atoms with van der Waals surface area (Å²) in [5.74, 6) is 3.95. The van der Waals surface area contributed by atoms with Crippen molar-refractivity contribution in [1.82, 2.24) is 0 Å². The zero-order valence-corrected chi connectivity index (χ0v) is 62.8. The van der Waals surface area contributed by atoms with Crippen LogP contribution in [0.15, 0.2) is 0 Å². The van der Waals surface area contributed by atoms with Gasteiger partial charge < -0.3 is 0 Å². The minimum Gasteiger partial charge on any atom is -0.0654 e. The average Bonchev–Trinajstić information content (AvgIpc) is 4.32. The summed E-state index contributed by atoms with van der Waals surface area (Å²) < 4.78 is 0. The molecule has 0 aromatic rings. The van der Waals surface area contributed by atoms with E-state index in [1.807, 2.05) is 0 Å². The van der Waals surface area contributed by atoms with Crippen molar-refractivity contribution in [2.75, 3.05) is 0 Å². The molecular formula is C83H166. The summed E-state index contributed by atoms with van der Waals surface area (Å²) in [6.45, 7) is 52.4. The molecule has 0 amide bonds. The van der Waals surface area contributed by atoms with E-state index in [9.17, 15) is 0 Å². The Morgan fingerprint density at radius 2 is 0.530 bits per heavy atom. The molecule has 9 aliphatic rings. The molecule has 0 bridgehead atoms. The van der Waals surface area contributed by atoms with Crippen molar-refractivity contribution in [1.29, 1.82) is 0 Å². The highest BCUT2D eigenvalue weighted by atomic mass is 14.4. The Kier molecular flexibility index (Phi) is 40.4. The lowest BCUT2D eigenvalue weighted by Crippen LogP contribution is -2.19. The molecule has 9 rings (SSSR count). The zero-order valence-electron chi connectivity index (χ0n) is 62.8. The van der Waals surface area contributed by atoms with Gasteiger partial charge in [0.1, 0.15) is 0 Å². The molecule has 8 unspecified atom stereocenters. The van der Waals surface area contributed by atoms with Crippen LogP contribution < -0.4 is 0 Å². The number of hydrogen-bond donors (Lipinski definition) is 0. The second-order valence-electron chi connectivity index (χ2n) is 35.5. The zero-order chi connectivity index (χ0) is 62.8. The first-order chi connectivity index (χ1) is 39.0. The maximum Gasteiger partial charge on any atom is -0.0300 e. The Hall–Kier alpha value is 0. The summed E-state index contributed by atoms with van der Waals surface area (Å²) in [6.07, 6.45) is 69.8. The largest absolute Gasteiger partial charge is 0.0654 e. The van der Waals surface area contributed by atoms with Crippen molar-refractivity contribution in [3.8, 4) is 0 Å². The minimum atomic E-state index is 0.679. The van der Waals surface area contributed by atoms with Crippen molar-refractivity contribution < 1.29 is 0 Å². The van der Waals surface area contributed by atoms with Crippen LogP contribution >= 0.6 is 0 Å². The minimum absolute atomic E-state index is 0.679. The van der Waals surface area contributed by atoms with Crippen LogP contribution in [0.4, 0.5) is 0 Å². The molecule has 0 N–H and O–H groups in total. The molecule has 0 aromatic heterocycles. The van der Waals surface area contributed by atoms with Gasteiger partial charge in [-0.3, -0.25) is 0 Å². The second kappa shape index (κ2) is 41.4. The smallest absolute Gasteiger partial charge is 0.0300 e. The standard InChI is InChI=1S/3C10H20.5C9H18.C8H16/c1-4-7-10(3)8-5-6-9(10)2;1-4-6-10(3)7-5-9(2)8-10;1-3-7-10(2)8-5-4-6-9-10;1-4-9(3)6-5-8(2)7-9;1-4-9(3)7-5-6-8(9)2;2*1-3-9(2)7-5-4-6-8-9;1-3-6-9(2)7-4-5-8-9;1-8(2)6-4-3-5-7-8/h2*9H,4-8H2,1-3H3;3-9H2,1-2H3;2*8H,4-7H2,1-3H3;3*3-8H2,1-2H3;3-7H2,1-2H3. The lowest BCUT2D eigenvalue weighted by Gasteiger charge is -2.33. The quantitative estimate of drug-likeness (QED) is 0.183. The van der Waals surface area contributed by atoms with Gasteiger partial charge in [-0.25, -0.2) is 0 Å². The second-order valence-corrected chi connectivity index (χ2v) is 35.5. The van der Waals surface area contributed by atoms with Gasteiger partial charge in [0.15, 0.2) is 0 Å². The molecule has 498 valence electrons. The summed E-state index contributed by atoms with van der Waals surface area (Å²) in [5.41, 5.74) is 6.42. The molecule has 0 nitrogen and oxygen atoms in total. The Balaban J connectivity index is 0.000000467. The van der Waals surface area contributed by atoms with Crippen molar-refractivity contribution in [3.05, 3.63) is 0 Å². The van der Waals surface area contributed by atoms with E-state index in [4.69, 9.17) is 0 Å². The van der Waals surface area contributed by atoms with E-state index < -0.39 is 0 Å². The molecule has 9 fully saturated rings. The van der Waals surface area contributed by atoms with Gasteiger partial charge in [-0.15, -0.1) is 0 Å². The lowest BCUT2D eigenvalue weighted by molar-refractivity contribution is 0.197. The third-order valence-corrected chi connectivity index (χ3v) is 26.3. The maximum atomic E-state index is 2.47. The SMILES string of the molecule is CC1(C)CCCCC1.CCC1(C)CCC(C)C1.CCC1(C)CCCC1C.CCC1(C)CCCCC1.CCC1(C)CCCCC1.CCCC1(C)CCC(C)C1.CCCC1(C)CCCC1.CCCC1(C)CCCC1C.CCCC1(C)CCCCC1. The first-order valence-corrected chi connectivity index (χ1v) is 39.0. The fourth-order valence-electron chi connectivity index (χ4n) is 18.1. The van der Waals surface area contributed by atoms with Gasteiger partial charge in [0.2, 0.25) is 0 Å². The Morgan fingerprint density at radius 3 is 0.747 bits per heavy atom. The van der Waals surface area contributed by atoms with Crippen LogP contribution in [0, 0.1) is 72.4 Å². The maximum absolute atomic E-state index is 2.47. The average molecular weight is 1160 g/mol. The van der Waals surface area contributed by atoms with Crippen molar-refractivity contribution in [2.45, 2.75) is 461 Å². The van der Waals surface area contributed by atoms with E-state index in [1.54, 1.807) is 0 Å². The van der Waals surface area contributed by atoms with E-state index in [-0.39, 0.29) is 0 Å². The van der Waals surface area contributed by atoms with E-state index in [1.165, 1.54) is 308 Å². The van der Waals surface area contributed by atoms with Crippen LogP contribution in [-0.4, -0.2) is 0 Å². The van der Waals surface area contributed by atoms with Crippen LogP contribution in [0.1, 0.15) is 461 Å².